The number of benzene rings is 1. The predicted octanol–water partition coefficient (Wildman–Crippen LogP) is 1.52. The summed E-state index contributed by atoms with van der Waals surface area (Å²) in [5, 5.41) is 13.2. The number of aryl methyl sites for hydroxylation is 3. The van der Waals surface area contributed by atoms with Gasteiger partial charge in [-0.15, -0.1) is 5.10 Å². The van der Waals surface area contributed by atoms with Gasteiger partial charge in [-0.3, -0.25) is 4.68 Å². The number of rotatable bonds is 9. The van der Waals surface area contributed by atoms with E-state index < -0.39 is 10.0 Å². The minimum atomic E-state index is -3.33. The molecule has 1 aromatic heterocycles. The number of sulfonamides is 1. The first-order valence-corrected chi connectivity index (χ1v) is 9.18. The normalized spacial score (nSPS) is 11.7. The summed E-state index contributed by atoms with van der Waals surface area (Å²) in [6, 6.07) is 10.3. The fourth-order valence-corrected chi connectivity index (χ4v) is 2.84. The van der Waals surface area contributed by atoms with E-state index in [1.807, 2.05) is 29.1 Å². The van der Waals surface area contributed by atoms with Crippen LogP contribution in [0, 0.1) is 0 Å². The lowest BCUT2D eigenvalue weighted by Crippen LogP contribution is -2.16. The van der Waals surface area contributed by atoms with Gasteiger partial charge in [0.05, 0.1) is 11.4 Å². The zero-order valence-electron chi connectivity index (χ0n) is 12.6. The Morgan fingerprint density at radius 3 is 2.55 bits per heavy atom. The Balaban J connectivity index is 1.68. The lowest BCUT2D eigenvalue weighted by atomic mass is 10.1. The van der Waals surface area contributed by atoms with Gasteiger partial charge < -0.3 is 0 Å². The van der Waals surface area contributed by atoms with E-state index in [2.05, 4.69) is 22.4 Å². The lowest BCUT2D eigenvalue weighted by Gasteiger charge is -2.00. The molecular formula is C15H22N4O2S. The first-order valence-electron chi connectivity index (χ1n) is 7.46. The topological polar surface area (TPSA) is 90.9 Å². The third-order valence-electron chi connectivity index (χ3n) is 3.41. The van der Waals surface area contributed by atoms with Crippen molar-refractivity contribution in [2.24, 2.45) is 5.14 Å². The van der Waals surface area contributed by atoms with E-state index in [0.717, 1.165) is 37.9 Å². The molecule has 2 aromatic rings. The second kappa shape index (κ2) is 8.05. The van der Waals surface area contributed by atoms with Crippen molar-refractivity contribution in [1.82, 2.24) is 15.0 Å². The van der Waals surface area contributed by atoms with Gasteiger partial charge in [-0.1, -0.05) is 42.0 Å². The standard InChI is InChI=1S/C15H22N4O2S/c16-22(20,21)12-6-2-5-11-19-13-15(17-18-19)10-9-14-7-3-1-4-8-14/h1,3-4,7-8,13H,2,5-6,9-12H2,(H2,16,20,21). The van der Waals surface area contributed by atoms with Crippen LogP contribution in [0.1, 0.15) is 30.5 Å². The second-order valence-corrected chi connectivity index (χ2v) is 7.12. The summed E-state index contributed by atoms with van der Waals surface area (Å²) in [6.45, 7) is 0.753. The van der Waals surface area contributed by atoms with Crippen LogP contribution < -0.4 is 5.14 Å². The summed E-state index contributed by atoms with van der Waals surface area (Å²) in [4.78, 5) is 0. The van der Waals surface area contributed by atoms with E-state index in [0.29, 0.717) is 6.42 Å². The van der Waals surface area contributed by atoms with Gasteiger partial charge in [0.15, 0.2) is 0 Å². The number of nitrogens with two attached hydrogens (primary N) is 1. The maximum atomic E-state index is 10.8. The number of hydrogen-bond acceptors (Lipinski definition) is 4. The summed E-state index contributed by atoms with van der Waals surface area (Å²) < 4.78 is 23.4. The van der Waals surface area contributed by atoms with E-state index in [4.69, 9.17) is 5.14 Å². The first kappa shape index (κ1) is 16.6. The van der Waals surface area contributed by atoms with E-state index in [1.54, 1.807) is 0 Å². The molecule has 1 heterocycles. The van der Waals surface area contributed by atoms with Crippen molar-refractivity contribution in [2.45, 2.75) is 38.6 Å². The molecule has 0 atom stereocenters. The Labute approximate surface area is 131 Å². The lowest BCUT2D eigenvalue weighted by molar-refractivity contribution is 0.534. The molecule has 0 amide bonds. The van der Waals surface area contributed by atoms with Crippen LogP contribution in [-0.2, 0) is 29.4 Å². The number of unbranched alkanes of at least 4 members (excludes halogenated alkanes) is 2. The van der Waals surface area contributed by atoms with Crippen LogP contribution >= 0.6 is 0 Å². The fraction of sp³-hybridized carbons (Fsp3) is 0.467. The molecule has 6 nitrogen and oxygen atoms in total. The van der Waals surface area contributed by atoms with Gasteiger partial charge in [-0.25, -0.2) is 13.6 Å². The highest BCUT2D eigenvalue weighted by Gasteiger charge is 2.03. The molecule has 0 saturated carbocycles. The van der Waals surface area contributed by atoms with Crippen molar-refractivity contribution in [3.8, 4) is 0 Å². The molecule has 0 aliphatic rings. The van der Waals surface area contributed by atoms with E-state index in [-0.39, 0.29) is 5.75 Å². The molecule has 1 aromatic carbocycles. The van der Waals surface area contributed by atoms with Crippen molar-refractivity contribution >= 4 is 10.0 Å². The number of nitrogens with zero attached hydrogens (tertiary/aromatic N) is 3. The zero-order chi connectivity index (χ0) is 15.8. The molecule has 0 bridgehead atoms. The molecule has 2 rings (SSSR count). The minimum absolute atomic E-state index is 0.0483. The highest BCUT2D eigenvalue weighted by molar-refractivity contribution is 7.89. The third-order valence-corrected chi connectivity index (χ3v) is 4.27. The van der Waals surface area contributed by atoms with E-state index >= 15 is 0 Å². The van der Waals surface area contributed by atoms with Crippen LogP contribution in [0.3, 0.4) is 0 Å². The smallest absolute Gasteiger partial charge is 0.209 e. The molecule has 0 aliphatic heterocycles. The van der Waals surface area contributed by atoms with Crippen molar-refractivity contribution < 1.29 is 8.42 Å². The van der Waals surface area contributed by atoms with Crippen molar-refractivity contribution in [3.05, 3.63) is 47.8 Å². The third kappa shape index (κ3) is 6.36. The summed E-state index contributed by atoms with van der Waals surface area (Å²) in [6.07, 6.45) is 6.06. The monoisotopic (exact) mass is 322 g/mol. The van der Waals surface area contributed by atoms with E-state index in [9.17, 15) is 8.42 Å². The molecule has 0 spiro atoms. The fourth-order valence-electron chi connectivity index (χ4n) is 2.23. The minimum Gasteiger partial charge on any atom is -0.252 e. The van der Waals surface area contributed by atoms with Gasteiger partial charge in [0.25, 0.3) is 0 Å². The Bertz CT molecular complexity index is 668. The van der Waals surface area contributed by atoms with Gasteiger partial charge in [-0.2, -0.15) is 0 Å². The first-order chi connectivity index (χ1) is 10.5. The summed E-state index contributed by atoms with van der Waals surface area (Å²) in [5.74, 6) is 0.0483. The van der Waals surface area contributed by atoms with Gasteiger partial charge in [0.1, 0.15) is 0 Å². The Hall–Kier alpha value is -1.73. The number of hydrogen-bond donors (Lipinski definition) is 1. The van der Waals surface area contributed by atoms with Crippen molar-refractivity contribution in [3.63, 3.8) is 0 Å². The molecule has 0 saturated heterocycles. The maximum Gasteiger partial charge on any atom is 0.209 e. The highest BCUT2D eigenvalue weighted by Crippen LogP contribution is 2.06. The van der Waals surface area contributed by atoms with Crippen LogP contribution in [0.25, 0.3) is 0 Å². The highest BCUT2D eigenvalue weighted by atomic mass is 32.2. The molecule has 22 heavy (non-hydrogen) atoms. The molecule has 0 unspecified atom stereocenters. The van der Waals surface area contributed by atoms with Crippen LogP contribution in [0.5, 0.6) is 0 Å². The predicted molar refractivity (Wildman–Crippen MR) is 85.7 cm³/mol. The summed E-state index contributed by atoms with van der Waals surface area (Å²) >= 11 is 0. The summed E-state index contributed by atoms with van der Waals surface area (Å²) in [5.41, 5.74) is 2.27. The molecule has 0 fully saturated rings. The maximum absolute atomic E-state index is 10.8. The Morgan fingerprint density at radius 1 is 1.05 bits per heavy atom. The summed E-state index contributed by atoms with van der Waals surface area (Å²) in [7, 11) is -3.33. The van der Waals surface area contributed by atoms with Crippen molar-refractivity contribution in [2.75, 3.05) is 5.75 Å². The molecule has 7 heteroatoms. The Kier molecular flexibility index (Phi) is 6.09. The van der Waals surface area contributed by atoms with Gasteiger partial charge in [0, 0.05) is 12.7 Å². The molecule has 0 aliphatic carbocycles. The quantitative estimate of drug-likeness (QED) is 0.709. The second-order valence-electron chi connectivity index (χ2n) is 5.39. The molecular weight excluding hydrogens is 300 g/mol. The van der Waals surface area contributed by atoms with Gasteiger partial charge in [-0.05, 0) is 31.2 Å². The largest absolute Gasteiger partial charge is 0.252 e. The average molecular weight is 322 g/mol. The average Bonchev–Trinajstić information content (AvgIpc) is 2.93. The SMILES string of the molecule is NS(=O)(=O)CCCCCn1cc(CCc2ccccc2)nn1. The number of primary sulfonamides is 1. The van der Waals surface area contributed by atoms with Gasteiger partial charge >= 0.3 is 0 Å². The van der Waals surface area contributed by atoms with Crippen LogP contribution in [0.4, 0.5) is 0 Å². The Morgan fingerprint density at radius 2 is 1.82 bits per heavy atom. The van der Waals surface area contributed by atoms with Crippen LogP contribution in [0.2, 0.25) is 0 Å². The van der Waals surface area contributed by atoms with Crippen LogP contribution in [0.15, 0.2) is 36.5 Å². The zero-order valence-corrected chi connectivity index (χ0v) is 13.4. The molecule has 120 valence electrons. The van der Waals surface area contributed by atoms with E-state index in [1.165, 1.54) is 5.56 Å². The van der Waals surface area contributed by atoms with Gasteiger partial charge in [0.2, 0.25) is 10.0 Å². The van der Waals surface area contributed by atoms with Crippen molar-refractivity contribution in [1.29, 1.82) is 0 Å². The van der Waals surface area contributed by atoms with Crippen LogP contribution in [-0.4, -0.2) is 29.2 Å². The number of aromatic nitrogens is 3. The molecule has 0 radical (unpaired) electrons. The molecule has 2 N–H and O–H groups in total.